The number of aromatic amines is 1. The van der Waals surface area contributed by atoms with E-state index < -0.39 is 0 Å². The molecule has 0 aromatic carbocycles. The minimum atomic E-state index is 0.0347. The average Bonchev–Trinajstić information content (AvgIpc) is 3.30. The number of nitrogens with one attached hydrogen (secondary N) is 2. The molecule has 0 bridgehead atoms. The first-order valence-corrected chi connectivity index (χ1v) is 8.79. The molecule has 1 aliphatic carbocycles. The van der Waals surface area contributed by atoms with Crippen molar-refractivity contribution < 1.29 is 4.79 Å². The third kappa shape index (κ3) is 2.84. The summed E-state index contributed by atoms with van der Waals surface area (Å²) in [6.45, 7) is 4.54. The van der Waals surface area contributed by atoms with E-state index >= 15 is 0 Å². The zero-order valence-corrected chi connectivity index (χ0v) is 14.8. The number of pyridine rings is 1. The molecule has 7 nitrogen and oxygen atoms in total. The second kappa shape index (κ2) is 6.30. The number of hydrogen-bond donors (Lipinski definition) is 2. The molecule has 26 heavy (non-hydrogen) atoms. The van der Waals surface area contributed by atoms with E-state index in [0.717, 1.165) is 46.4 Å². The van der Waals surface area contributed by atoms with Crippen LogP contribution in [0.2, 0.25) is 0 Å². The molecule has 2 N–H and O–H groups in total. The van der Waals surface area contributed by atoms with Crippen molar-refractivity contribution in [2.24, 2.45) is 5.92 Å². The number of aromatic nitrogens is 4. The summed E-state index contributed by atoms with van der Waals surface area (Å²) in [5, 5.41) is 17.4. The molecule has 1 saturated carbocycles. The molecule has 7 heteroatoms. The molecule has 0 radical (unpaired) electrons. The number of hydrogen-bond acceptors (Lipinski definition) is 4. The van der Waals surface area contributed by atoms with Crippen molar-refractivity contribution in [3.05, 3.63) is 29.7 Å². The van der Waals surface area contributed by atoms with Crippen LogP contribution in [-0.4, -0.2) is 25.7 Å². The predicted molar refractivity (Wildman–Crippen MR) is 98.4 cm³/mol. The molecule has 132 valence electrons. The van der Waals surface area contributed by atoms with Crippen LogP contribution in [0.5, 0.6) is 0 Å². The van der Waals surface area contributed by atoms with Gasteiger partial charge in [0, 0.05) is 34.3 Å². The normalized spacial score (nSPS) is 13.7. The lowest BCUT2D eigenvalue weighted by Gasteiger charge is -2.09. The topological polar surface area (TPSA) is 99.4 Å². The molecule has 0 aliphatic heterocycles. The first-order chi connectivity index (χ1) is 12.6. The van der Waals surface area contributed by atoms with Crippen LogP contribution < -0.4 is 5.32 Å². The minimum absolute atomic E-state index is 0.0347. The lowest BCUT2D eigenvalue weighted by atomic mass is 10.0. The van der Waals surface area contributed by atoms with Crippen molar-refractivity contribution >= 4 is 22.8 Å². The SMILES string of the molecule is Cc1nn(CCC#N)c(C)c1-c1cc(NC(=O)C2CC2)nc2[nH]ccc12. The number of amides is 1. The Balaban J connectivity index is 1.80. The van der Waals surface area contributed by atoms with Gasteiger partial charge < -0.3 is 10.3 Å². The van der Waals surface area contributed by atoms with Crippen LogP contribution in [-0.2, 0) is 11.3 Å². The van der Waals surface area contributed by atoms with Crippen LogP contribution in [0.1, 0.15) is 30.7 Å². The molecule has 3 aromatic heterocycles. The molecule has 0 spiro atoms. The summed E-state index contributed by atoms with van der Waals surface area (Å²) in [6, 6.07) is 6.06. The molecule has 1 aliphatic rings. The summed E-state index contributed by atoms with van der Waals surface area (Å²) in [5.41, 5.74) is 4.65. The van der Waals surface area contributed by atoms with E-state index in [4.69, 9.17) is 5.26 Å². The maximum Gasteiger partial charge on any atom is 0.228 e. The minimum Gasteiger partial charge on any atom is -0.346 e. The second-order valence-corrected chi connectivity index (χ2v) is 6.74. The molecule has 0 atom stereocenters. The Hall–Kier alpha value is -3.14. The maximum atomic E-state index is 12.1. The number of anilines is 1. The van der Waals surface area contributed by atoms with Crippen molar-refractivity contribution in [1.82, 2.24) is 19.7 Å². The maximum absolute atomic E-state index is 12.1. The summed E-state index contributed by atoms with van der Waals surface area (Å²) in [7, 11) is 0. The molecular formula is C19H20N6O. The van der Waals surface area contributed by atoms with Crippen molar-refractivity contribution in [3.8, 4) is 17.2 Å². The fourth-order valence-electron chi connectivity index (χ4n) is 3.34. The number of carbonyl (C=O) groups excluding carboxylic acids is 1. The number of aryl methyl sites for hydroxylation is 2. The van der Waals surface area contributed by atoms with E-state index in [1.54, 1.807) is 0 Å². The van der Waals surface area contributed by atoms with Gasteiger partial charge in [-0.1, -0.05) is 0 Å². The molecule has 3 heterocycles. The Kier molecular flexibility index (Phi) is 3.96. The monoisotopic (exact) mass is 348 g/mol. The number of carbonyl (C=O) groups is 1. The molecule has 0 unspecified atom stereocenters. The van der Waals surface area contributed by atoms with Crippen LogP contribution in [0.3, 0.4) is 0 Å². The average molecular weight is 348 g/mol. The smallest absolute Gasteiger partial charge is 0.228 e. The largest absolute Gasteiger partial charge is 0.346 e. The Labute approximate surface area is 151 Å². The molecule has 0 saturated heterocycles. The van der Waals surface area contributed by atoms with Crippen LogP contribution in [0.15, 0.2) is 18.3 Å². The number of fused-ring (bicyclic) bond motifs is 1. The summed E-state index contributed by atoms with van der Waals surface area (Å²) < 4.78 is 1.87. The van der Waals surface area contributed by atoms with Crippen LogP contribution >= 0.6 is 0 Å². The lowest BCUT2D eigenvalue weighted by molar-refractivity contribution is -0.117. The van der Waals surface area contributed by atoms with E-state index in [1.165, 1.54) is 0 Å². The Bertz CT molecular complexity index is 1030. The van der Waals surface area contributed by atoms with Gasteiger partial charge in [0.15, 0.2) is 0 Å². The third-order valence-electron chi connectivity index (χ3n) is 4.81. The first-order valence-electron chi connectivity index (χ1n) is 8.79. The highest BCUT2D eigenvalue weighted by Crippen LogP contribution is 2.35. The predicted octanol–water partition coefficient (Wildman–Crippen LogP) is 3.31. The first kappa shape index (κ1) is 16.3. The summed E-state index contributed by atoms with van der Waals surface area (Å²) in [5.74, 6) is 0.708. The number of rotatable bonds is 5. The van der Waals surface area contributed by atoms with Crippen LogP contribution in [0, 0.1) is 31.1 Å². The fourth-order valence-corrected chi connectivity index (χ4v) is 3.34. The van der Waals surface area contributed by atoms with Gasteiger partial charge in [0.2, 0.25) is 5.91 Å². The van der Waals surface area contributed by atoms with Gasteiger partial charge in [-0.05, 0) is 38.8 Å². The molecule has 1 amide bonds. The van der Waals surface area contributed by atoms with Crippen molar-refractivity contribution in [2.75, 3.05) is 5.32 Å². The molecule has 1 fully saturated rings. The van der Waals surface area contributed by atoms with E-state index in [-0.39, 0.29) is 11.8 Å². The number of H-pyrrole nitrogens is 1. The van der Waals surface area contributed by atoms with Crippen molar-refractivity contribution in [3.63, 3.8) is 0 Å². The zero-order chi connectivity index (χ0) is 18.3. The Morgan fingerprint density at radius 1 is 1.46 bits per heavy atom. The Morgan fingerprint density at radius 2 is 2.27 bits per heavy atom. The van der Waals surface area contributed by atoms with E-state index in [1.807, 2.05) is 36.9 Å². The van der Waals surface area contributed by atoms with Gasteiger partial charge in [0.1, 0.15) is 11.5 Å². The van der Waals surface area contributed by atoms with Gasteiger partial charge >= 0.3 is 0 Å². The zero-order valence-electron chi connectivity index (χ0n) is 14.8. The highest BCUT2D eigenvalue weighted by molar-refractivity contribution is 5.99. The van der Waals surface area contributed by atoms with Gasteiger partial charge in [0.05, 0.1) is 24.7 Å². The van der Waals surface area contributed by atoms with Crippen LogP contribution in [0.4, 0.5) is 5.82 Å². The highest BCUT2D eigenvalue weighted by Gasteiger charge is 2.30. The van der Waals surface area contributed by atoms with Gasteiger partial charge in [-0.15, -0.1) is 0 Å². The summed E-state index contributed by atoms with van der Waals surface area (Å²) in [6.07, 6.45) is 4.17. The third-order valence-corrected chi connectivity index (χ3v) is 4.81. The van der Waals surface area contributed by atoms with E-state index in [9.17, 15) is 4.79 Å². The van der Waals surface area contributed by atoms with Crippen molar-refractivity contribution in [1.29, 1.82) is 5.26 Å². The van der Waals surface area contributed by atoms with E-state index in [2.05, 4.69) is 26.5 Å². The lowest BCUT2D eigenvalue weighted by Crippen LogP contribution is -2.14. The van der Waals surface area contributed by atoms with E-state index in [0.29, 0.717) is 18.8 Å². The summed E-state index contributed by atoms with van der Waals surface area (Å²) >= 11 is 0. The quantitative estimate of drug-likeness (QED) is 0.739. The Morgan fingerprint density at radius 3 is 3.00 bits per heavy atom. The van der Waals surface area contributed by atoms with Gasteiger partial charge in [-0.3, -0.25) is 9.48 Å². The molecular weight excluding hydrogens is 328 g/mol. The molecule has 4 rings (SSSR count). The highest BCUT2D eigenvalue weighted by atomic mass is 16.2. The fraction of sp³-hybridized carbons (Fsp3) is 0.368. The standard InChI is InChI=1S/C19H20N6O/c1-11-17(12(2)25(24-11)9-3-7-20)15-10-16(23-19(26)13-4-5-13)22-18-14(15)6-8-21-18/h6,8,10,13H,3-5,9H2,1-2H3,(H2,21,22,23,26). The second-order valence-electron chi connectivity index (χ2n) is 6.74. The van der Waals surface area contributed by atoms with Gasteiger partial charge in [-0.25, -0.2) is 4.98 Å². The summed E-state index contributed by atoms with van der Waals surface area (Å²) in [4.78, 5) is 19.8. The van der Waals surface area contributed by atoms with Crippen LogP contribution in [0.25, 0.3) is 22.2 Å². The number of nitriles is 1. The number of nitrogens with zero attached hydrogens (tertiary/aromatic N) is 4. The molecule has 3 aromatic rings. The van der Waals surface area contributed by atoms with Gasteiger partial charge in [0.25, 0.3) is 0 Å². The van der Waals surface area contributed by atoms with Gasteiger partial charge in [-0.2, -0.15) is 10.4 Å². The van der Waals surface area contributed by atoms with Crippen molar-refractivity contribution in [2.45, 2.75) is 39.7 Å².